The van der Waals surface area contributed by atoms with Crippen molar-refractivity contribution in [2.24, 2.45) is 0 Å². The zero-order chi connectivity index (χ0) is 15.5. The van der Waals surface area contributed by atoms with Crippen molar-refractivity contribution < 1.29 is 19.1 Å². The number of carbonyl (C=O) groups is 2. The third-order valence-electron chi connectivity index (χ3n) is 2.75. The van der Waals surface area contributed by atoms with Gasteiger partial charge in [0.1, 0.15) is 0 Å². The summed E-state index contributed by atoms with van der Waals surface area (Å²) in [6.45, 7) is 5.39. The molecule has 0 bridgehead atoms. The Labute approximate surface area is 125 Å². The van der Waals surface area contributed by atoms with Crippen LogP contribution < -0.4 is 0 Å². The molecule has 0 aromatic carbocycles. The average Bonchev–Trinajstić information content (AvgIpc) is 2.46. The van der Waals surface area contributed by atoms with E-state index < -0.39 is 0 Å². The van der Waals surface area contributed by atoms with E-state index in [0.717, 1.165) is 5.56 Å². The van der Waals surface area contributed by atoms with Crippen molar-refractivity contribution >= 4 is 11.9 Å². The second-order valence-electron chi connectivity index (χ2n) is 4.43. The van der Waals surface area contributed by atoms with Crippen LogP contribution in [-0.4, -0.2) is 48.1 Å². The average molecular weight is 294 g/mol. The minimum Gasteiger partial charge on any atom is -0.466 e. The Morgan fingerprint density at radius 3 is 2.33 bits per heavy atom. The molecule has 1 aromatic rings. The first-order chi connectivity index (χ1) is 10.2. The predicted octanol–water partition coefficient (Wildman–Crippen LogP) is 1.40. The van der Waals surface area contributed by atoms with E-state index in [1.54, 1.807) is 26.2 Å². The highest BCUT2D eigenvalue weighted by Crippen LogP contribution is 2.05. The van der Waals surface area contributed by atoms with Crippen molar-refractivity contribution in [3.8, 4) is 0 Å². The topological polar surface area (TPSA) is 68.7 Å². The largest absolute Gasteiger partial charge is 0.466 e. The number of hydrogen-bond acceptors (Lipinski definition) is 6. The summed E-state index contributed by atoms with van der Waals surface area (Å²) in [6, 6.07) is 3.75. The van der Waals surface area contributed by atoms with Crippen molar-refractivity contribution in [1.82, 2.24) is 9.88 Å². The SMILES string of the molecule is CCOC(=O)CCN(CC(=O)OCC)Cc1ccncc1. The molecule has 1 aromatic heterocycles. The first-order valence-corrected chi connectivity index (χ1v) is 7.08. The molecule has 116 valence electrons. The number of esters is 2. The molecule has 1 heterocycles. The molecule has 0 amide bonds. The van der Waals surface area contributed by atoms with Crippen molar-refractivity contribution in [3.63, 3.8) is 0 Å². The first-order valence-electron chi connectivity index (χ1n) is 7.08. The van der Waals surface area contributed by atoms with E-state index in [1.165, 1.54) is 0 Å². The lowest BCUT2D eigenvalue weighted by atomic mass is 10.2. The second kappa shape index (κ2) is 9.88. The summed E-state index contributed by atoms with van der Waals surface area (Å²) in [5.74, 6) is -0.559. The number of pyridine rings is 1. The zero-order valence-electron chi connectivity index (χ0n) is 12.6. The molecule has 0 N–H and O–H groups in total. The normalized spacial score (nSPS) is 10.4. The summed E-state index contributed by atoms with van der Waals surface area (Å²) >= 11 is 0. The van der Waals surface area contributed by atoms with Crippen LogP contribution in [0.1, 0.15) is 25.8 Å². The molecular formula is C15H22N2O4. The van der Waals surface area contributed by atoms with E-state index >= 15 is 0 Å². The lowest BCUT2D eigenvalue weighted by Gasteiger charge is -2.20. The maximum absolute atomic E-state index is 11.6. The van der Waals surface area contributed by atoms with Crippen LogP contribution in [0.5, 0.6) is 0 Å². The summed E-state index contributed by atoms with van der Waals surface area (Å²) in [6.07, 6.45) is 3.64. The summed E-state index contributed by atoms with van der Waals surface area (Å²) in [5, 5.41) is 0. The van der Waals surface area contributed by atoms with Gasteiger partial charge in [0.15, 0.2) is 0 Å². The standard InChI is InChI=1S/C15H22N2O4/c1-3-20-14(18)7-10-17(12-15(19)21-4-2)11-13-5-8-16-9-6-13/h5-6,8-9H,3-4,7,10-12H2,1-2H3. The highest BCUT2D eigenvalue weighted by Gasteiger charge is 2.14. The van der Waals surface area contributed by atoms with E-state index in [9.17, 15) is 9.59 Å². The predicted molar refractivity (Wildman–Crippen MR) is 77.4 cm³/mol. The Bertz CT molecular complexity index is 437. The van der Waals surface area contributed by atoms with Crippen LogP contribution in [0.2, 0.25) is 0 Å². The quantitative estimate of drug-likeness (QED) is 0.641. The number of ether oxygens (including phenoxy) is 2. The van der Waals surface area contributed by atoms with Crippen LogP contribution in [0.15, 0.2) is 24.5 Å². The van der Waals surface area contributed by atoms with Crippen molar-refractivity contribution in [2.75, 3.05) is 26.3 Å². The first kappa shape index (κ1) is 17.1. The zero-order valence-corrected chi connectivity index (χ0v) is 12.6. The molecule has 0 radical (unpaired) electrons. The molecule has 1 rings (SSSR count). The molecule has 0 aliphatic carbocycles. The van der Waals surface area contributed by atoms with Gasteiger partial charge in [0.2, 0.25) is 0 Å². The Morgan fingerprint density at radius 2 is 1.71 bits per heavy atom. The lowest BCUT2D eigenvalue weighted by molar-refractivity contribution is -0.147. The van der Waals surface area contributed by atoms with Crippen molar-refractivity contribution in [1.29, 1.82) is 0 Å². The van der Waals surface area contributed by atoms with Crippen LogP contribution in [0.25, 0.3) is 0 Å². The molecule has 0 saturated carbocycles. The van der Waals surface area contributed by atoms with E-state index in [0.29, 0.717) is 26.3 Å². The summed E-state index contributed by atoms with van der Waals surface area (Å²) in [5.41, 5.74) is 1.03. The van der Waals surface area contributed by atoms with Crippen molar-refractivity contribution in [2.45, 2.75) is 26.8 Å². The van der Waals surface area contributed by atoms with Gasteiger partial charge in [0.05, 0.1) is 26.2 Å². The van der Waals surface area contributed by atoms with Crippen LogP contribution in [0.4, 0.5) is 0 Å². The van der Waals surface area contributed by atoms with Gasteiger partial charge in [-0.1, -0.05) is 0 Å². The molecule has 0 aliphatic rings. The van der Waals surface area contributed by atoms with Crippen LogP contribution in [-0.2, 0) is 25.6 Å². The lowest BCUT2D eigenvalue weighted by Crippen LogP contribution is -2.32. The molecular weight excluding hydrogens is 272 g/mol. The third kappa shape index (κ3) is 7.41. The highest BCUT2D eigenvalue weighted by molar-refractivity contribution is 5.72. The Morgan fingerprint density at radius 1 is 1.10 bits per heavy atom. The van der Waals surface area contributed by atoms with Gasteiger partial charge < -0.3 is 9.47 Å². The van der Waals surface area contributed by atoms with Gasteiger partial charge in [-0.15, -0.1) is 0 Å². The smallest absolute Gasteiger partial charge is 0.320 e. The fourth-order valence-corrected chi connectivity index (χ4v) is 1.83. The minimum absolute atomic E-state index is 0.148. The Kier molecular flexibility index (Phi) is 8.04. The number of aromatic nitrogens is 1. The molecule has 0 unspecified atom stereocenters. The molecule has 0 spiro atoms. The molecule has 0 saturated heterocycles. The van der Waals surface area contributed by atoms with Crippen LogP contribution >= 0.6 is 0 Å². The molecule has 6 nitrogen and oxygen atoms in total. The summed E-state index contributed by atoms with van der Waals surface area (Å²) in [4.78, 5) is 28.9. The van der Waals surface area contributed by atoms with Crippen LogP contribution in [0, 0.1) is 0 Å². The van der Waals surface area contributed by atoms with E-state index in [4.69, 9.17) is 9.47 Å². The minimum atomic E-state index is -0.296. The fraction of sp³-hybridized carbons (Fsp3) is 0.533. The third-order valence-corrected chi connectivity index (χ3v) is 2.75. The Hall–Kier alpha value is -1.95. The van der Waals surface area contributed by atoms with Crippen molar-refractivity contribution in [3.05, 3.63) is 30.1 Å². The number of rotatable bonds is 9. The number of nitrogens with zero attached hydrogens (tertiary/aromatic N) is 2. The number of carbonyl (C=O) groups excluding carboxylic acids is 2. The summed E-state index contributed by atoms with van der Waals surface area (Å²) < 4.78 is 9.86. The van der Waals surface area contributed by atoms with Gasteiger partial charge in [-0.2, -0.15) is 0 Å². The molecule has 0 atom stereocenters. The maximum atomic E-state index is 11.6. The monoisotopic (exact) mass is 294 g/mol. The van der Waals surface area contributed by atoms with E-state index in [-0.39, 0.29) is 24.9 Å². The molecule has 0 fully saturated rings. The second-order valence-corrected chi connectivity index (χ2v) is 4.43. The highest BCUT2D eigenvalue weighted by atomic mass is 16.5. The van der Waals surface area contributed by atoms with Gasteiger partial charge >= 0.3 is 11.9 Å². The molecule has 0 aliphatic heterocycles. The van der Waals surface area contributed by atoms with Crippen LogP contribution in [0.3, 0.4) is 0 Å². The Balaban J connectivity index is 2.56. The van der Waals surface area contributed by atoms with E-state index in [1.807, 2.05) is 17.0 Å². The van der Waals surface area contributed by atoms with E-state index in [2.05, 4.69) is 4.98 Å². The van der Waals surface area contributed by atoms with Gasteiger partial charge in [-0.25, -0.2) is 0 Å². The van der Waals surface area contributed by atoms with Gasteiger partial charge in [-0.3, -0.25) is 19.5 Å². The van der Waals surface area contributed by atoms with Gasteiger partial charge in [-0.05, 0) is 31.5 Å². The molecule has 6 heteroatoms. The molecule has 21 heavy (non-hydrogen) atoms. The fourth-order valence-electron chi connectivity index (χ4n) is 1.83. The summed E-state index contributed by atoms with van der Waals surface area (Å²) in [7, 11) is 0. The van der Waals surface area contributed by atoms with Gasteiger partial charge in [0, 0.05) is 25.5 Å². The number of hydrogen-bond donors (Lipinski definition) is 0. The maximum Gasteiger partial charge on any atom is 0.320 e. The van der Waals surface area contributed by atoms with Gasteiger partial charge in [0.25, 0.3) is 0 Å².